The van der Waals surface area contributed by atoms with Crippen molar-refractivity contribution in [2.75, 3.05) is 5.75 Å². The number of nitrogens with one attached hydrogen (secondary N) is 1. The molecule has 162 valence electrons. The molecule has 30 heavy (non-hydrogen) atoms. The summed E-state index contributed by atoms with van der Waals surface area (Å²) in [6.45, 7) is 6.27. The maximum atomic E-state index is 12.4. The van der Waals surface area contributed by atoms with E-state index in [0.29, 0.717) is 40.1 Å². The number of allylic oxidation sites excluding steroid dienone is 1. The molecule has 1 aliphatic rings. The zero-order valence-electron chi connectivity index (χ0n) is 17.3. The Morgan fingerprint density at radius 1 is 1.33 bits per heavy atom. The Morgan fingerprint density at radius 2 is 2.07 bits per heavy atom. The predicted octanol–water partition coefficient (Wildman–Crippen LogP) is 5.19. The molecule has 1 aliphatic carbocycles. The molecular weight excluding hydrogens is 420 g/mol. The Hall–Kier alpha value is -1.99. The first-order chi connectivity index (χ1) is 14.6. The van der Waals surface area contributed by atoms with Gasteiger partial charge >= 0.3 is 0 Å². The minimum absolute atomic E-state index is 0.0435. The van der Waals surface area contributed by atoms with Gasteiger partial charge in [0.05, 0.1) is 10.8 Å². The van der Waals surface area contributed by atoms with E-state index in [-0.39, 0.29) is 12.0 Å². The highest BCUT2D eigenvalue weighted by Crippen LogP contribution is 2.29. The molecule has 0 unspecified atom stereocenters. The van der Waals surface area contributed by atoms with Gasteiger partial charge in [0.15, 0.2) is 17.1 Å². The third-order valence-corrected chi connectivity index (χ3v) is 6.39. The number of carbonyl (C=O) groups is 1. The van der Waals surface area contributed by atoms with E-state index in [1.807, 2.05) is 29.7 Å². The third-order valence-electron chi connectivity index (χ3n) is 5.11. The number of benzene rings is 1. The number of halogens is 1. The van der Waals surface area contributed by atoms with Crippen molar-refractivity contribution in [3.8, 4) is 5.75 Å². The first-order valence-corrected chi connectivity index (χ1v) is 11.8. The summed E-state index contributed by atoms with van der Waals surface area (Å²) in [6, 6.07) is 7.63. The number of hydrogen-bond acceptors (Lipinski definition) is 5. The Balaban J connectivity index is 1.62. The van der Waals surface area contributed by atoms with Gasteiger partial charge in [0.25, 0.3) is 0 Å². The number of ether oxygens (including phenoxy) is 1. The lowest BCUT2D eigenvalue weighted by atomic mass is 10.1. The molecule has 1 heterocycles. The number of carbonyl (C=O) groups excluding carboxylic acids is 1. The molecule has 1 fully saturated rings. The Labute approximate surface area is 187 Å². The van der Waals surface area contributed by atoms with Crippen LogP contribution in [0, 0.1) is 0 Å². The highest BCUT2D eigenvalue weighted by molar-refractivity contribution is 7.99. The quantitative estimate of drug-likeness (QED) is 0.325. The van der Waals surface area contributed by atoms with E-state index < -0.39 is 0 Å². The van der Waals surface area contributed by atoms with Gasteiger partial charge in [-0.05, 0) is 31.9 Å². The molecule has 2 aromatic rings. The van der Waals surface area contributed by atoms with Gasteiger partial charge in [-0.15, -0.1) is 16.8 Å². The van der Waals surface area contributed by atoms with Crippen molar-refractivity contribution in [3.05, 3.63) is 47.8 Å². The Bertz CT molecular complexity index is 849. The van der Waals surface area contributed by atoms with Crippen molar-refractivity contribution in [1.82, 2.24) is 20.1 Å². The molecule has 1 saturated carbocycles. The van der Waals surface area contributed by atoms with E-state index >= 15 is 0 Å². The number of hydrogen-bond donors (Lipinski definition) is 1. The van der Waals surface area contributed by atoms with Crippen LogP contribution in [-0.4, -0.2) is 32.5 Å². The summed E-state index contributed by atoms with van der Waals surface area (Å²) in [5.41, 5.74) is 0. The van der Waals surface area contributed by atoms with Crippen molar-refractivity contribution in [2.24, 2.45) is 0 Å². The number of amides is 1. The van der Waals surface area contributed by atoms with Crippen LogP contribution in [0.3, 0.4) is 0 Å². The molecule has 8 heteroatoms. The minimum Gasteiger partial charge on any atom is -0.481 e. The lowest BCUT2D eigenvalue weighted by Crippen LogP contribution is -2.35. The SMILES string of the molecule is C=CCn1c(SCC(=O)NC2CCCCCC2)nnc1[C@H](C)Oc1ccccc1Cl. The fraction of sp³-hybridized carbons (Fsp3) is 0.500. The lowest BCUT2D eigenvalue weighted by molar-refractivity contribution is -0.119. The van der Waals surface area contributed by atoms with Gasteiger partial charge in [0.1, 0.15) is 5.75 Å². The van der Waals surface area contributed by atoms with E-state index in [0.717, 1.165) is 12.8 Å². The third kappa shape index (κ3) is 6.25. The predicted molar refractivity (Wildman–Crippen MR) is 121 cm³/mol. The van der Waals surface area contributed by atoms with Crippen LogP contribution in [0.15, 0.2) is 42.1 Å². The summed E-state index contributed by atoms with van der Waals surface area (Å²) >= 11 is 7.59. The van der Waals surface area contributed by atoms with Gasteiger partial charge in [-0.3, -0.25) is 9.36 Å². The van der Waals surface area contributed by atoms with Crippen LogP contribution >= 0.6 is 23.4 Å². The molecule has 0 radical (unpaired) electrons. The Morgan fingerprint density at radius 3 is 2.77 bits per heavy atom. The fourth-order valence-electron chi connectivity index (χ4n) is 3.61. The van der Waals surface area contributed by atoms with Gasteiger partial charge in [-0.2, -0.15) is 0 Å². The van der Waals surface area contributed by atoms with Gasteiger partial charge in [-0.1, -0.05) is 67.3 Å². The number of rotatable bonds is 9. The maximum Gasteiger partial charge on any atom is 0.230 e. The van der Waals surface area contributed by atoms with E-state index in [9.17, 15) is 4.79 Å². The highest BCUT2D eigenvalue weighted by Gasteiger charge is 2.21. The fourth-order valence-corrected chi connectivity index (χ4v) is 4.56. The van der Waals surface area contributed by atoms with Gasteiger partial charge in [0.2, 0.25) is 5.91 Å². The summed E-state index contributed by atoms with van der Waals surface area (Å²) in [4.78, 5) is 12.4. The van der Waals surface area contributed by atoms with Gasteiger partial charge < -0.3 is 10.1 Å². The minimum atomic E-state index is -0.355. The molecule has 0 saturated heterocycles. The van der Waals surface area contributed by atoms with E-state index in [4.69, 9.17) is 16.3 Å². The first-order valence-electron chi connectivity index (χ1n) is 10.5. The van der Waals surface area contributed by atoms with E-state index in [2.05, 4.69) is 22.1 Å². The molecule has 1 amide bonds. The summed E-state index contributed by atoms with van der Waals surface area (Å²) < 4.78 is 7.92. The summed E-state index contributed by atoms with van der Waals surface area (Å²) in [5.74, 6) is 1.62. The molecule has 0 aliphatic heterocycles. The van der Waals surface area contributed by atoms with Gasteiger partial charge in [0, 0.05) is 12.6 Å². The van der Waals surface area contributed by atoms with Crippen molar-refractivity contribution in [1.29, 1.82) is 0 Å². The smallest absolute Gasteiger partial charge is 0.230 e. The zero-order chi connectivity index (χ0) is 21.3. The van der Waals surface area contributed by atoms with Crippen LogP contribution in [0.5, 0.6) is 5.75 Å². The van der Waals surface area contributed by atoms with Crippen molar-refractivity contribution in [2.45, 2.75) is 69.3 Å². The summed E-state index contributed by atoms with van der Waals surface area (Å²) in [6.07, 6.45) is 8.49. The van der Waals surface area contributed by atoms with Crippen molar-refractivity contribution >= 4 is 29.3 Å². The highest BCUT2D eigenvalue weighted by atomic mass is 35.5. The summed E-state index contributed by atoms with van der Waals surface area (Å²) in [5, 5.41) is 13.0. The number of nitrogens with zero attached hydrogens (tertiary/aromatic N) is 3. The van der Waals surface area contributed by atoms with Gasteiger partial charge in [-0.25, -0.2) is 0 Å². The van der Waals surface area contributed by atoms with Crippen LogP contribution in [0.2, 0.25) is 5.02 Å². The Kier molecular flexibility index (Phi) is 8.63. The van der Waals surface area contributed by atoms with Crippen molar-refractivity contribution in [3.63, 3.8) is 0 Å². The van der Waals surface area contributed by atoms with Crippen LogP contribution in [0.1, 0.15) is 57.4 Å². The second-order valence-corrected chi connectivity index (χ2v) is 8.82. The molecule has 3 rings (SSSR count). The molecule has 1 atom stereocenters. The first kappa shape index (κ1) is 22.7. The van der Waals surface area contributed by atoms with Crippen molar-refractivity contribution < 1.29 is 9.53 Å². The molecular formula is C22H29ClN4O2S. The molecule has 1 aromatic heterocycles. The molecule has 0 bridgehead atoms. The second kappa shape index (κ2) is 11.4. The largest absolute Gasteiger partial charge is 0.481 e. The van der Waals surface area contributed by atoms with E-state index in [1.54, 1.807) is 12.1 Å². The number of thioether (sulfide) groups is 1. The average molecular weight is 449 g/mol. The van der Waals surface area contributed by atoms with Crippen LogP contribution in [0.25, 0.3) is 0 Å². The van der Waals surface area contributed by atoms with E-state index in [1.165, 1.54) is 37.4 Å². The number of aromatic nitrogens is 3. The summed E-state index contributed by atoms with van der Waals surface area (Å²) in [7, 11) is 0. The van der Waals surface area contributed by atoms with Crippen LogP contribution in [-0.2, 0) is 11.3 Å². The standard InChI is InChI=1S/C22H29ClN4O2S/c1-3-14-27-21(16(2)29-19-13-9-8-12-18(19)23)25-26-22(27)30-15-20(28)24-17-10-6-4-5-7-11-17/h3,8-9,12-13,16-17H,1,4-7,10-11,14-15H2,2H3,(H,24,28)/t16-/m0/s1. The molecule has 1 aromatic carbocycles. The molecule has 6 nitrogen and oxygen atoms in total. The molecule has 0 spiro atoms. The molecule has 1 N–H and O–H groups in total. The zero-order valence-corrected chi connectivity index (χ0v) is 18.9. The normalized spacial score (nSPS) is 15.9. The lowest BCUT2D eigenvalue weighted by Gasteiger charge is -2.17. The maximum absolute atomic E-state index is 12.4. The second-order valence-electron chi connectivity index (χ2n) is 7.48. The topological polar surface area (TPSA) is 69.0 Å². The van der Waals surface area contributed by atoms with Crippen LogP contribution in [0.4, 0.5) is 0 Å². The monoisotopic (exact) mass is 448 g/mol. The average Bonchev–Trinajstić information content (AvgIpc) is 2.95. The number of para-hydroxylation sites is 1. The van der Waals surface area contributed by atoms with Crippen LogP contribution < -0.4 is 10.1 Å².